The van der Waals surface area contributed by atoms with Crippen LogP contribution in [0.2, 0.25) is 0 Å². The van der Waals surface area contributed by atoms with Crippen molar-refractivity contribution in [3.8, 4) is 5.75 Å². The number of nitrogens with zero attached hydrogens (tertiary/aromatic N) is 1. The molecule has 1 aliphatic heterocycles. The van der Waals surface area contributed by atoms with Crippen LogP contribution < -0.4 is 5.73 Å². The van der Waals surface area contributed by atoms with E-state index in [0.29, 0.717) is 13.1 Å². The molecule has 4 heteroatoms. The number of nitrogens with two attached hydrogens (primary N) is 1. The van der Waals surface area contributed by atoms with Crippen LogP contribution in [0, 0.1) is 5.92 Å². The first-order chi connectivity index (χ1) is 9.02. The van der Waals surface area contributed by atoms with Crippen molar-refractivity contribution >= 4 is 5.91 Å². The largest absolute Gasteiger partial charge is 0.508 e. The molecule has 0 unspecified atom stereocenters. The molecule has 0 radical (unpaired) electrons. The summed E-state index contributed by atoms with van der Waals surface area (Å²) in [4.78, 5) is 14.1. The van der Waals surface area contributed by atoms with Gasteiger partial charge in [0.05, 0.1) is 6.04 Å². The number of rotatable bonds is 3. The third kappa shape index (κ3) is 2.89. The van der Waals surface area contributed by atoms with Crippen molar-refractivity contribution in [1.29, 1.82) is 0 Å². The Bertz CT molecular complexity index is 473. The molecule has 104 valence electrons. The second kappa shape index (κ2) is 5.61. The summed E-state index contributed by atoms with van der Waals surface area (Å²) in [5.41, 5.74) is 8.24. The molecule has 0 bridgehead atoms. The molecule has 1 aromatic carbocycles. The number of carbonyl (C=O) groups excluding carboxylic acids is 1. The Morgan fingerprint density at radius 3 is 2.89 bits per heavy atom. The maximum atomic E-state index is 12.3. The molecular weight excluding hydrogens is 240 g/mol. The van der Waals surface area contributed by atoms with E-state index < -0.39 is 6.04 Å². The van der Waals surface area contributed by atoms with E-state index in [-0.39, 0.29) is 17.6 Å². The second-order valence-corrected chi connectivity index (χ2v) is 5.37. The van der Waals surface area contributed by atoms with Gasteiger partial charge in [0.2, 0.25) is 5.91 Å². The molecule has 0 spiro atoms. The molecule has 2 rings (SSSR count). The molecule has 0 aliphatic carbocycles. The van der Waals surface area contributed by atoms with Gasteiger partial charge in [0.1, 0.15) is 5.75 Å². The molecule has 2 atom stereocenters. The van der Waals surface area contributed by atoms with E-state index >= 15 is 0 Å². The number of hydrogen-bond donors (Lipinski definition) is 2. The van der Waals surface area contributed by atoms with E-state index in [2.05, 4.69) is 0 Å². The third-order valence-electron chi connectivity index (χ3n) is 4.06. The van der Waals surface area contributed by atoms with Crippen LogP contribution in [0.15, 0.2) is 18.2 Å². The molecule has 0 saturated heterocycles. The number of aromatic hydroxyl groups is 1. The van der Waals surface area contributed by atoms with Crippen LogP contribution in [0.3, 0.4) is 0 Å². The Morgan fingerprint density at radius 1 is 1.47 bits per heavy atom. The molecule has 0 aromatic heterocycles. The Kier molecular flexibility index (Phi) is 4.10. The molecule has 1 aliphatic rings. The fourth-order valence-electron chi connectivity index (χ4n) is 2.44. The van der Waals surface area contributed by atoms with Crippen LogP contribution in [0.4, 0.5) is 0 Å². The van der Waals surface area contributed by atoms with Crippen molar-refractivity contribution in [3.63, 3.8) is 0 Å². The Labute approximate surface area is 114 Å². The number of hydrogen-bond acceptors (Lipinski definition) is 3. The fourth-order valence-corrected chi connectivity index (χ4v) is 2.44. The highest BCUT2D eigenvalue weighted by molar-refractivity contribution is 5.82. The first-order valence-corrected chi connectivity index (χ1v) is 6.88. The number of phenolic OH excluding ortho intramolecular Hbond substituents is 1. The molecule has 19 heavy (non-hydrogen) atoms. The van der Waals surface area contributed by atoms with Gasteiger partial charge in [-0.15, -0.1) is 0 Å². The van der Waals surface area contributed by atoms with Crippen LogP contribution in [-0.4, -0.2) is 28.5 Å². The second-order valence-electron chi connectivity index (χ2n) is 5.37. The van der Waals surface area contributed by atoms with Gasteiger partial charge < -0.3 is 15.7 Å². The zero-order chi connectivity index (χ0) is 14.0. The lowest BCUT2D eigenvalue weighted by Gasteiger charge is -2.32. The first kappa shape index (κ1) is 13.9. The van der Waals surface area contributed by atoms with Gasteiger partial charge in [-0.2, -0.15) is 0 Å². The van der Waals surface area contributed by atoms with Gasteiger partial charge in [0, 0.05) is 13.1 Å². The fraction of sp³-hybridized carbons (Fsp3) is 0.533. The highest BCUT2D eigenvalue weighted by Gasteiger charge is 2.27. The normalized spacial score (nSPS) is 17.7. The summed E-state index contributed by atoms with van der Waals surface area (Å²) in [6, 6.07) is 4.94. The number of carbonyl (C=O) groups is 1. The number of fused-ring (bicyclic) bond motifs is 1. The maximum Gasteiger partial charge on any atom is 0.240 e. The summed E-state index contributed by atoms with van der Waals surface area (Å²) in [6.07, 6.45) is 1.73. The molecule has 0 fully saturated rings. The van der Waals surface area contributed by atoms with Gasteiger partial charge in [-0.1, -0.05) is 26.3 Å². The van der Waals surface area contributed by atoms with Crippen LogP contribution >= 0.6 is 0 Å². The lowest BCUT2D eigenvalue weighted by Crippen LogP contribution is -2.48. The lowest BCUT2D eigenvalue weighted by atomic mass is 9.95. The summed E-state index contributed by atoms with van der Waals surface area (Å²) in [5.74, 6) is 0.459. The van der Waals surface area contributed by atoms with Gasteiger partial charge in [-0.3, -0.25) is 4.79 Å². The zero-order valence-corrected chi connectivity index (χ0v) is 11.6. The van der Waals surface area contributed by atoms with Gasteiger partial charge in [-0.05, 0) is 35.6 Å². The topological polar surface area (TPSA) is 66.6 Å². The van der Waals surface area contributed by atoms with Gasteiger partial charge >= 0.3 is 0 Å². The molecule has 3 N–H and O–H groups in total. The van der Waals surface area contributed by atoms with Crippen molar-refractivity contribution in [2.24, 2.45) is 11.7 Å². The van der Waals surface area contributed by atoms with E-state index in [9.17, 15) is 9.90 Å². The monoisotopic (exact) mass is 262 g/mol. The van der Waals surface area contributed by atoms with Crippen molar-refractivity contribution in [2.75, 3.05) is 6.54 Å². The quantitative estimate of drug-likeness (QED) is 0.870. The summed E-state index contributed by atoms with van der Waals surface area (Å²) in [6.45, 7) is 5.31. The maximum absolute atomic E-state index is 12.3. The standard InChI is InChI=1S/C15H22N2O2/c1-3-10(2)14(16)15(19)17-7-6-11-4-5-13(18)8-12(11)9-17/h4-5,8,10,14,18H,3,6-7,9,16H2,1-2H3/t10-,14-/m0/s1. The third-order valence-corrected chi connectivity index (χ3v) is 4.06. The minimum atomic E-state index is -0.427. The summed E-state index contributed by atoms with van der Waals surface area (Å²) < 4.78 is 0. The van der Waals surface area contributed by atoms with Crippen molar-refractivity contribution in [3.05, 3.63) is 29.3 Å². The number of benzene rings is 1. The number of phenols is 1. The summed E-state index contributed by atoms with van der Waals surface area (Å²) in [7, 11) is 0. The van der Waals surface area contributed by atoms with E-state index in [1.807, 2.05) is 19.9 Å². The molecule has 4 nitrogen and oxygen atoms in total. The molecule has 1 aromatic rings. The minimum Gasteiger partial charge on any atom is -0.508 e. The van der Waals surface area contributed by atoms with E-state index in [0.717, 1.165) is 18.4 Å². The van der Waals surface area contributed by atoms with Crippen LogP contribution in [0.25, 0.3) is 0 Å². The van der Waals surface area contributed by atoms with Crippen molar-refractivity contribution in [1.82, 2.24) is 4.90 Å². The SMILES string of the molecule is CC[C@H](C)[C@H](N)C(=O)N1CCc2ccc(O)cc2C1. The molecular formula is C15H22N2O2. The Morgan fingerprint density at radius 2 is 2.21 bits per heavy atom. The average Bonchev–Trinajstić information content (AvgIpc) is 2.43. The van der Waals surface area contributed by atoms with Crippen LogP contribution in [0.5, 0.6) is 5.75 Å². The van der Waals surface area contributed by atoms with Gasteiger partial charge in [0.15, 0.2) is 0 Å². The van der Waals surface area contributed by atoms with E-state index in [1.54, 1.807) is 17.0 Å². The predicted octanol–water partition coefficient (Wildman–Crippen LogP) is 1.65. The van der Waals surface area contributed by atoms with Crippen LogP contribution in [0.1, 0.15) is 31.4 Å². The van der Waals surface area contributed by atoms with Gasteiger partial charge in [0.25, 0.3) is 0 Å². The molecule has 1 amide bonds. The lowest BCUT2D eigenvalue weighted by molar-refractivity contribution is -0.134. The summed E-state index contributed by atoms with van der Waals surface area (Å²) in [5, 5.41) is 9.52. The van der Waals surface area contributed by atoms with Crippen LogP contribution in [-0.2, 0) is 17.8 Å². The predicted molar refractivity (Wildman–Crippen MR) is 74.7 cm³/mol. The van der Waals surface area contributed by atoms with Gasteiger partial charge in [-0.25, -0.2) is 0 Å². The number of amides is 1. The molecule has 0 saturated carbocycles. The van der Waals surface area contributed by atoms with E-state index in [1.165, 1.54) is 5.56 Å². The first-order valence-electron chi connectivity index (χ1n) is 6.88. The van der Waals surface area contributed by atoms with Crippen molar-refractivity contribution < 1.29 is 9.90 Å². The Balaban J connectivity index is 2.11. The Hall–Kier alpha value is -1.55. The summed E-state index contributed by atoms with van der Waals surface area (Å²) >= 11 is 0. The zero-order valence-electron chi connectivity index (χ0n) is 11.6. The van der Waals surface area contributed by atoms with E-state index in [4.69, 9.17) is 5.73 Å². The smallest absolute Gasteiger partial charge is 0.240 e. The highest BCUT2D eigenvalue weighted by atomic mass is 16.3. The average molecular weight is 262 g/mol. The highest BCUT2D eigenvalue weighted by Crippen LogP contribution is 2.24. The molecule has 1 heterocycles. The van der Waals surface area contributed by atoms with Crippen molar-refractivity contribution in [2.45, 2.75) is 39.3 Å². The minimum absolute atomic E-state index is 0.0170.